The fourth-order valence-corrected chi connectivity index (χ4v) is 3.68. The van der Waals surface area contributed by atoms with Gasteiger partial charge >= 0.3 is 6.18 Å². The zero-order chi connectivity index (χ0) is 16.9. The molecule has 1 heterocycles. The number of hydrogen-bond donors (Lipinski definition) is 0. The van der Waals surface area contributed by atoms with Gasteiger partial charge in [-0.3, -0.25) is 0 Å². The van der Waals surface area contributed by atoms with Crippen LogP contribution in [0.5, 0.6) is 0 Å². The van der Waals surface area contributed by atoms with Crippen LogP contribution in [0.3, 0.4) is 0 Å². The number of halogens is 3. The maximum Gasteiger partial charge on any atom is 0.416 e. The van der Waals surface area contributed by atoms with Crippen molar-refractivity contribution in [1.29, 1.82) is 0 Å². The Morgan fingerprint density at radius 2 is 1.91 bits per heavy atom. The lowest BCUT2D eigenvalue weighted by atomic mass is 9.66. The first kappa shape index (κ1) is 16.1. The van der Waals surface area contributed by atoms with Crippen molar-refractivity contribution in [2.45, 2.75) is 43.9 Å². The van der Waals surface area contributed by atoms with Gasteiger partial charge < -0.3 is 9.26 Å². The molecule has 2 aromatic rings. The van der Waals surface area contributed by atoms with Gasteiger partial charge in [-0.05, 0) is 18.1 Å². The van der Waals surface area contributed by atoms with Gasteiger partial charge in [0.1, 0.15) is 5.76 Å². The Bertz CT molecular complexity index is 721. The van der Waals surface area contributed by atoms with Crippen molar-refractivity contribution in [3.8, 4) is 0 Å². The lowest BCUT2D eigenvalue weighted by Gasteiger charge is -2.43. The van der Waals surface area contributed by atoms with Gasteiger partial charge in [-0.2, -0.15) is 13.2 Å². The summed E-state index contributed by atoms with van der Waals surface area (Å²) in [5.74, 6) is 0.717. The molecule has 0 saturated heterocycles. The van der Waals surface area contributed by atoms with E-state index in [1.54, 1.807) is 12.3 Å². The van der Waals surface area contributed by atoms with Crippen LogP contribution in [-0.4, -0.2) is 12.3 Å². The molecule has 0 aliphatic heterocycles. The molecule has 1 aromatic carbocycles. The highest BCUT2D eigenvalue weighted by molar-refractivity contribution is 5.40. The lowest BCUT2D eigenvalue weighted by molar-refractivity contribution is -0.142. The van der Waals surface area contributed by atoms with Crippen LogP contribution in [0.1, 0.15) is 42.7 Å². The van der Waals surface area contributed by atoms with Crippen molar-refractivity contribution in [2.24, 2.45) is 0 Å². The molecule has 1 aromatic heterocycles. The second kappa shape index (κ2) is 5.09. The van der Waals surface area contributed by atoms with Crippen molar-refractivity contribution in [2.75, 3.05) is 7.11 Å². The zero-order valence-electron chi connectivity index (χ0n) is 13.2. The van der Waals surface area contributed by atoms with Gasteiger partial charge in [-0.25, -0.2) is 0 Å². The molecule has 1 atom stereocenters. The van der Waals surface area contributed by atoms with E-state index in [4.69, 9.17) is 9.26 Å². The molecule has 3 nitrogen and oxygen atoms in total. The summed E-state index contributed by atoms with van der Waals surface area (Å²) >= 11 is 0. The molecule has 1 unspecified atom stereocenters. The number of fused-ring (bicyclic) bond motifs is 1. The quantitative estimate of drug-likeness (QED) is 0.818. The van der Waals surface area contributed by atoms with Crippen LogP contribution in [0, 0.1) is 0 Å². The van der Waals surface area contributed by atoms with E-state index < -0.39 is 22.8 Å². The Morgan fingerprint density at radius 1 is 1.22 bits per heavy atom. The summed E-state index contributed by atoms with van der Waals surface area (Å²) in [6.45, 7) is 3.86. The van der Waals surface area contributed by atoms with E-state index in [9.17, 15) is 13.2 Å². The summed E-state index contributed by atoms with van der Waals surface area (Å²) in [7, 11) is 1.46. The van der Waals surface area contributed by atoms with E-state index in [-0.39, 0.29) is 5.56 Å². The first-order valence-corrected chi connectivity index (χ1v) is 7.35. The number of hydrogen-bond acceptors (Lipinski definition) is 3. The van der Waals surface area contributed by atoms with Crippen molar-refractivity contribution in [1.82, 2.24) is 5.16 Å². The van der Waals surface area contributed by atoms with Crippen LogP contribution < -0.4 is 0 Å². The standard InChI is InChI=1S/C17H18F3NO2/c1-15(2)10-16(22-3,8-11-9-21-23-14(11)15)12-6-4-5-7-13(12)17(18,19)20/h4-7,9H,8,10H2,1-3H3. The highest BCUT2D eigenvalue weighted by atomic mass is 19.4. The molecule has 124 valence electrons. The first-order chi connectivity index (χ1) is 10.7. The molecule has 1 aliphatic carbocycles. The van der Waals surface area contributed by atoms with E-state index >= 15 is 0 Å². The molecule has 0 bridgehead atoms. The minimum atomic E-state index is -4.43. The van der Waals surface area contributed by atoms with Crippen LogP contribution in [-0.2, 0) is 28.4 Å². The third kappa shape index (κ3) is 2.55. The number of alkyl halides is 3. The van der Waals surface area contributed by atoms with Gasteiger partial charge in [0, 0.05) is 24.5 Å². The summed E-state index contributed by atoms with van der Waals surface area (Å²) in [5.41, 5.74) is -1.24. The van der Waals surface area contributed by atoms with Crippen LogP contribution in [0.15, 0.2) is 35.0 Å². The predicted molar refractivity (Wildman–Crippen MR) is 78.0 cm³/mol. The van der Waals surface area contributed by atoms with Crippen LogP contribution in [0.25, 0.3) is 0 Å². The minimum absolute atomic E-state index is 0.162. The Hall–Kier alpha value is -1.82. The SMILES string of the molecule is COC1(c2ccccc2C(F)(F)F)Cc2cnoc2C(C)(C)C1. The summed E-state index contributed by atoms with van der Waals surface area (Å²) in [6.07, 6.45) is -2.17. The summed E-state index contributed by atoms with van der Waals surface area (Å²) in [5, 5.41) is 3.81. The van der Waals surface area contributed by atoms with Gasteiger partial charge in [0.2, 0.25) is 0 Å². The fourth-order valence-electron chi connectivity index (χ4n) is 3.68. The number of aromatic nitrogens is 1. The lowest BCUT2D eigenvalue weighted by Crippen LogP contribution is -2.43. The Labute approximate surface area is 132 Å². The van der Waals surface area contributed by atoms with E-state index in [2.05, 4.69) is 5.16 Å². The highest BCUT2D eigenvalue weighted by Gasteiger charge is 2.50. The van der Waals surface area contributed by atoms with Gasteiger partial charge in [-0.1, -0.05) is 37.2 Å². The third-order valence-corrected chi connectivity index (χ3v) is 4.58. The second-order valence-corrected chi connectivity index (χ2v) is 6.66. The maximum absolute atomic E-state index is 13.5. The Morgan fingerprint density at radius 3 is 2.57 bits per heavy atom. The summed E-state index contributed by atoms with van der Waals surface area (Å²) in [6, 6.07) is 5.61. The molecular weight excluding hydrogens is 307 g/mol. The number of nitrogens with zero attached hydrogens (tertiary/aromatic N) is 1. The Balaban J connectivity index is 2.19. The molecule has 0 spiro atoms. The van der Waals surface area contributed by atoms with E-state index in [0.29, 0.717) is 12.8 Å². The molecule has 0 N–H and O–H groups in total. The average molecular weight is 325 g/mol. The van der Waals surface area contributed by atoms with Crippen molar-refractivity contribution < 1.29 is 22.4 Å². The molecule has 6 heteroatoms. The number of benzene rings is 1. The van der Waals surface area contributed by atoms with Gasteiger partial charge in [0.05, 0.1) is 17.4 Å². The zero-order valence-corrected chi connectivity index (χ0v) is 13.2. The summed E-state index contributed by atoms with van der Waals surface area (Å²) in [4.78, 5) is 0. The largest absolute Gasteiger partial charge is 0.416 e. The van der Waals surface area contributed by atoms with Crippen molar-refractivity contribution >= 4 is 0 Å². The second-order valence-electron chi connectivity index (χ2n) is 6.66. The Kier molecular flexibility index (Phi) is 3.55. The smallest absolute Gasteiger partial charge is 0.373 e. The maximum atomic E-state index is 13.5. The van der Waals surface area contributed by atoms with Crippen LogP contribution in [0.4, 0.5) is 13.2 Å². The van der Waals surface area contributed by atoms with Crippen LogP contribution in [0.2, 0.25) is 0 Å². The monoisotopic (exact) mass is 325 g/mol. The number of rotatable bonds is 2. The van der Waals surface area contributed by atoms with E-state index in [1.165, 1.54) is 19.2 Å². The fraction of sp³-hybridized carbons (Fsp3) is 0.471. The van der Waals surface area contributed by atoms with E-state index in [0.717, 1.165) is 17.4 Å². The molecule has 0 amide bonds. The number of methoxy groups -OCH3 is 1. The summed E-state index contributed by atoms with van der Waals surface area (Å²) < 4.78 is 51.4. The van der Waals surface area contributed by atoms with Crippen molar-refractivity contribution in [3.05, 3.63) is 52.9 Å². The van der Waals surface area contributed by atoms with Gasteiger partial charge in [-0.15, -0.1) is 0 Å². The van der Waals surface area contributed by atoms with Gasteiger partial charge in [0.15, 0.2) is 0 Å². The normalized spacial score (nSPS) is 23.6. The first-order valence-electron chi connectivity index (χ1n) is 7.35. The topological polar surface area (TPSA) is 35.3 Å². The molecule has 0 fully saturated rings. The number of ether oxygens (including phenoxy) is 1. The minimum Gasteiger partial charge on any atom is -0.373 e. The predicted octanol–water partition coefficient (Wildman–Crippen LogP) is 4.46. The van der Waals surface area contributed by atoms with Crippen molar-refractivity contribution in [3.63, 3.8) is 0 Å². The highest BCUT2D eigenvalue weighted by Crippen LogP contribution is 2.50. The molecule has 0 saturated carbocycles. The molecule has 0 radical (unpaired) electrons. The third-order valence-electron chi connectivity index (χ3n) is 4.58. The molecular formula is C17H18F3NO2. The van der Waals surface area contributed by atoms with Crippen LogP contribution >= 0.6 is 0 Å². The molecule has 3 rings (SSSR count). The van der Waals surface area contributed by atoms with Gasteiger partial charge in [0.25, 0.3) is 0 Å². The van der Waals surface area contributed by atoms with E-state index in [1.807, 2.05) is 13.8 Å². The molecule has 1 aliphatic rings. The molecule has 23 heavy (non-hydrogen) atoms. The average Bonchev–Trinajstić information content (AvgIpc) is 2.95.